The van der Waals surface area contributed by atoms with E-state index < -0.39 is 5.54 Å². The summed E-state index contributed by atoms with van der Waals surface area (Å²) >= 11 is 3.43. The maximum Gasteiger partial charge on any atom is 0.326 e. The Labute approximate surface area is 133 Å². The lowest BCUT2D eigenvalue weighted by Crippen LogP contribution is -2.43. The molecule has 114 valence electrons. The molecule has 1 saturated carbocycles. The van der Waals surface area contributed by atoms with Crippen LogP contribution in [-0.4, -0.2) is 30.4 Å². The minimum Gasteiger partial charge on any atom is -0.465 e. The van der Waals surface area contributed by atoms with Crippen molar-refractivity contribution in [3.63, 3.8) is 0 Å². The Morgan fingerprint density at radius 2 is 1.86 bits per heavy atom. The van der Waals surface area contributed by atoms with Gasteiger partial charge in [0.2, 0.25) is 0 Å². The number of hydrogen-bond donors (Lipinski definition) is 1. The van der Waals surface area contributed by atoms with Gasteiger partial charge in [-0.25, -0.2) is 0 Å². The predicted molar refractivity (Wildman–Crippen MR) is 84.5 cm³/mol. The third-order valence-corrected chi connectivity index (χ3v) is 4.24. The second kappa shape index (κ2) is 6.28. The average molecular weight is 354 g/mol. The van der Waals surface area contributed by atoms with Crippen LogP contribution >= 0.6 is 15.9 Å². The van der Waals surface area contributed by atoms with Crippen molar-refractivity contribution in [1.82, 2.24) is 5.32 Å². The van der Waals surface area contributed by atoms with Crippen molar-refractivity contribution in [2.45, 2.75) is 39.2 Å². The van der Waals surface area contributed by atoms with Crippen LogP contribution in [0.5, 0.6) is 0 Å². The minimum atomic E-state index is -0.636. The highest BCUT2D eigenvalue weighted by Crippen LogP contribution is 2.36. The van der Waals surface area contributed by atoms with E-state index in [1.807, 2.05) is 26.0 Å². The summed E-state index contributed by atoms with van der Waals surface area (Å²) < 4.78 is 6.02. The van der Waals surface area contributed by atoms with E-state index in [2.05, 4.69) is 21.2 Å². The first-order valence-corrected chi connectivity index (χ1v) is 7.91. The van der Waals surface area contributed by atoms with Crippen molar-refractivity contribution in [3.8, 4) is 0 Å². The van der Waals surface area contributed by atoms with E-state index in [0.29, 0.717) is 6.61 Å². The number of aryl methyl sites for hydroxylation is 2. The first-order valence-electron chi connectivity index (χ1n) is 7.12. The Morgan fingerprint density at radius 1 is 1.29 bits per heavy atom. The van der Waals surface area contributed by atoms with E-state index in [4.69, 9.17) is 4.74 Å². The molecule has 0 radical (unpaired) electrons. The zero-order valence-electron chi connectivity index (χ0n) is 12.6. The van der Waals surface area contributed by atoms with Gasteiger partial charge in [0.05, 0.1) is 13.2 Å². The molecule has 5 heteroatoms. The van der Waals surface area contributed by atoms with Crippen molar-refractivity contribution >= 4 is 27.7 Å². The first kappa shape index (κ1) is 16.2. The van der Waals surface area contributed by atoms with Gasteiger partial charge in [0.15, 0.2) is 5.78 Å². The van der Waals surface area contributed by atoms with Gasteiger partial charge in [-0.15, -0.1) is 0 Å². The molecule has 1 aromatic carbocycles. The predicted octanol–water partition coefficient (Wildman–Crippen LogP) is 2.93. The van der Waals surface area contributed by atoms with Gasteiger partial charge in [0, 0.05) is 10.0 Å². The van der Waals surface area contributed by atoms with Gasteiger partial charge in [-0.1, -0.05) is 15.9 Å². The highest BCUT2D eigenvalue weighted by atomic mass is 79.9. The van der Waals surface area contributed by atoms with Gasteiger partial charge in [-0.2, -0.15) is 0 Å². The van der Waals surface area contributed by atoms with Crippen LogP contribution < -0.4 is 5.32 Å². The molecule has 0 unspecified atom stereocenters. The highest BCUT2D eigenvalue weighted by Gasteiger charge is 2.51. The van der Waals surface area contributed by atoms with E-state index in [0.717, 1.165) is 34.0 Å². The number of Topliss-reactive ketones (excluding diaryl/α,β-unsaturated/α-hetero) is 1. The van der Waals surface area contributed by atoms with Crippen LogP contribution in [-0.2, 0) is 9.53 Å². The Hall–Kier alpha value is -1.20. The van der Waals surface area contributed by atoms with Crippen LogP contribution in [0.3, 0.4) is 0 Å². The second-order valence-corrected chi connectivity index (χ2v) is 6.41. The van der Waals surface area contributed by atoms with E-state index in [1.54, 1.807) is 6.92 Å². The molecule has 1 fully saturated rings. The maximum absolute atomic E-state index is 12.4. The van der Waals surface area contributed by atoms with Crippen molar-refractivity contribution in [3.05, 3.63) is 33.3 Å². The summed E-state index contributed by atoms with van der Waals surface area (Å²) in [6.45, 7) is 6.14. The number of carbonyl (C=O) groups is 2. The standard InChI is InChI=1S/C16H20BrNO3/c1-4-21-15(20)16(5-6-16)18-9-13(19)14-10(2)7-12(17)8-11(14)3/h7-8,18H,4-6,9H2,1-3H3. The number of nitrogens with one attached hydrogen (secondary N) is 1. The number of esters is 1. The lowest BCUT2D eigenvalue weighted by molar-refractivity contribution is -0.146. The van der Waals surface area contributed by atoms with Crippen molar-refractivity contribution in [2.24, 2.45) is 0 Å². The van der Waals surface area contributed by atoms with Crippen molar-refractivity contribution < 1.29 is 14.3 Å². The number of carbonyl (C=O) groups excluding carboxylic acids is 2. The second-order valence-electron chi connectivity index (χ2n) is 5.49. The van der Waals surface area contributed by atoms with Crippen molar-refractivity contribution in [2.75, 3.05) is 13.2 Å². The molecule has 21 heavy (non-hydrogen) atoms. The first-order chi connectivity index (χ1) is 9.89. The summed E-state index contributed by atoms with van der Waals surface area (Å²) in [5, 5.41) is 3.09. The van der Waals surface area contributed by atoms with Gasteiger partial charge in [0.1, 0.15) is 5.54 Å². The van der Waals surface area contributed by atoms with E-state index in [9.17, 15) is 9.59 Å². The molecule has 1 aliphatic rings. The molecular formula is C16H20BrNO3. The summed E-state index contributed by atoms with van der Waals surface area (Å²) in [6.07, 6.45) is 1.47. The Balaban J connectivity index is 2.05. The number of ketones is 1. The smallest absolute Gasteiger partial charge is 0.326 e. The fourth-order valence-corrected chi connectivity index (χ4v) is 3.22. The zero-order chi connectivity index (χ0) is 15.6. The molecule has 0 spiro atoms. The normalized spacial score (nSPS) is 15.6. The quantitative estimate of drug-likeness (QED) is 0.631. The molecule has 2 rings (SSSR count). The van der Waals surface area contributed by atoms with E-state index in [1.165, 1.54) is 0 Å². The average Bonchev–Trinajstić information content (AvgIpc) is 3.16. The van der Waals surface area contributed by atoms with Gasteiger partial charge in [-0.05, 0) is 56.9 Å². The highest BCUT2D eigenvalue weighted by molar-refractivity contribution is 9.10. The third kappa shape index (κ3) is 3.52. The molecule has 1 aromatic rings. The number of hydrogen-bond acceptors (Lipinski definition) is 4. The minimum absolute atomic E-state index is 0.00748. The molecule has 0 amide bonds. The third-order valence-electron chi connectivity index (χ3n) is 3.78. The van der Waals surface area contributed by atoms with Crippen LogP contribution in [0, 0.1) is 13.8 Å². The fourth-order valence-electron chi connectivity index (χ4n) is 2.54. The van der Waals surface area contributed by atoms with Crippen LogP contribution in [0.25, 0.3) is 0 Å². The molecule has 0 bridgehead atoms. The van der Waals surface area contributed by atoms with Crippen LogP contribution in [0.4, 0.5) is 0 Å². The molecule has 0 heterocycles. The molecule has 0 atom stereocenters. The monoisotopic (exact) mass is 353 g/mol. The number of ether oxygens (including phenoxy) is 1. The summed E-state index contributed by atoms with van der Waals surface area (Å²) in [5.74, 6) is -0.241. The summed E-state index contributed by atoms with van der Waals surface area (Å²) in [5.41, 5.74) is 1.97. The van der Waals surface area contributed by atoms with Crippen LogP contribution in [0.15, 0.2) is 16.6 Å². The lowest BCUT2D eigenvalue weighted by Gasteiger charge is -2.16. The Kier molecular flexibility index (Phi) is 4.84. The van der Waals surface area contributed by atoms with Crippen LogP contribution in [0.1, 0.15) is 41.3 Å². The Bertz CT molecular complexity index is 556. The van der Waals surface area contributed by atoms with E-state index in [-0.39, 0.29) is 18.3 Å². The van der Waals surface area contributed by atoms with E-state index >= 15 is 0 Å². The van der Waals surface area contributed by atoms with Gasteiger partial charge in [0.25, 0.3) is 0 Å². The number of benzene rings is 1. The van der Waals surface area contributed by atoms with Gasteiger partial charge < -0.3 is 4.74 Å². The molecule has 1 aliphatic carbocycles. The fraction of sp³-hybridized carbons (Fsp3) is 0.500. The Morgan fingerprint density at radius 3 is 2.33 bits per heavy atom. The van der Waals surface area contributed by atoms with Gasteiger partial charge in [-0.3, -0.25) is 14.9 Å². The van der Waals surface area contributed by atoms with Gasteiger partial charge >= 0.3 is 5.97 Å². The molecule has 0 aromatic heterocycles. The SMILES string of the molecule is CCOC(=O)C1(NCC(=O)c2c(C)cc(Br)cc2C)CC1. The summed E-state index contributed by atoms with van der Waals surface area (Å²) in [7, 11) is 0. The summed E-state index contributed by atoms with van der Waals surface area (Å²) in [6, 6.07) is 3.86. The number of rotatable bonds is 6. The molecule has 4 nitrogen and oxygen atoms in total. The zero-order valence-corrected chi connectivity index (χ0v) is 14.2. The number of halogens is 1. The topological polar surface area (TPSA) is 55.4 Å². The van der Waals surface area contributed by atoms with Crippen molar-refractivity contribution in [1.29, 1.82) is 0 Å². The lowest BCUT2D eigenvalue weighted by atomic mass is 9.99. The summed E-state index contributed by atoms with van der Waals surface area (Å²) in [4.78, 5) is 24.3. The largest absolute Gasteiger partial charge is 0.465 e. The molecule has 0 aliphatic heterocycles. The molecule has 1 N–H and O–H groups in total. The molecular weight excluding hydrogens is 334 g/mol. The van der Waals surface area contributed by atoms with Crippen LogP contribution in [0.2, 0.25) is 0 Å². The maximum atomic E-state index is 12.4. The molecule has 0 saturated heterocycles.